The summed E-state index contributed by atoms with van der Waals surface area (Å²) < 4.78 is 5.49. The van der Waals surface area contributed by atoms with Gasteiger partial charge in [0.2, 0.25) is 0 Å². The van der Waals surface area contributed by atoms with E-state index in [1.165, 1.54) is 0 Å². The molecule has 29 heavy (non-hydrogen) atoms. The summed E-state index contributed by atoms with van der Waals surface area (Å²) >= 11 is 0. The molecule has 2 heterocycles. The Labute approximate surface area is 168 Å². The summed E-state index contributed by atoms with van der Waals surface area (Å²) in [4.78, 5) is 20.9. The predicted octanol–water partition coefficient (Wildman–Crippen LogP) is 4.70. The summed E-state index contributed by atoms with van der Waals surface area (Å²) in [5.74, 6) is 1.08. The molecule has 0 fully saturated rings. The lowest BCUT2D eigenvalue weighted by molar-refractivity contribution is -0.118. The van der Waals surface area contributed by atoms with Crippen LogP contribution in [-0.4, -0.2) is 22.5 Å². The molecule has 0 atom stereocenters. The summed E-state index contributed by atoms with van der Waals surface area (Å²) in [6, 6.07) is 21.0. The van der Waals surface area contributed by atoms with Crippen molar-refractivity contribution in [2.75, 3.05) is 17.2 Å². The predicted molar refractivity (Wildman–Crippen MR) is 115 cm³/mol. The van der Waals surface area contributed by atoms with Gasteiger partial charge in [-0.05, 0) is 43.3 Å². The van der Waals surface area contributed by atoms with E-state index < -0.39 is 0 Å². The maximum atomic E-state index is 12.1. The van der Waals surface area contributed by atoms with E-state index in [0.29, 0.717) is 17.3 Å². The third kappa shape index (κ3) is 4.68. The molecule has 0 spiro atoms. The summed E-state index contributed by atoms with van der Waals surface area (Å²) in [5.41, 5.74) is 3.49. The minimum absolute atomic E-state index is 0.0647. The molecule has 0 unspecified atom stereocenters. The van der Waals surface area contributed by atoms with Crippen LogP contribution in [0.25, 0.3) is 10.9 Å². The van der Waals surface area contributed by atoms with E-state index in [1.54, 1.807) is 24.5 Å². The molecule has 144 valence electrons. The van der Waals surface area contributed by atoms with E-state index in [0.717, 1.165) is 22.2 Å². The summed E-state index contributed by atoms with van der Waals surface area (Å²) in [6.45, 7) is 1.93. The van der Waals surface area contributed by atoms with Crippen LogP contribution in [0.4, 0.5) is 17.2 Å². The number of pyridine rings is 2. The molecule has 4 aromatic rings. The molecular weight excluding hydrogens is 364 g/mol. The van der Waals surface area contributed by atoms with Gasteiger partial charge in [-0.1, -0.05) is 35.9 Å². The molecule has 2 N–H and O–H groups in total. The van der Waals surface area contributed by atoms with E-state index in [1.807, 2.05) is 61.5 Å². The molecule has 4 rings (SSSR count). The quantitative estimate of drug-likeness (QED) is 0.504. The topological polar surface area (TPSA) is 76.1 Å². The first-order valence-corrected chi connectivity index (χ1v) is 9.23. The lowest BCUT2D eigenvalue weighted by atomic mass is 10.2. The Balaban J connectivity index is 1.36. The second kappa shape index (κ2) is 8.39. The molecule has 0 aliphatic heterocycles. The van der Waals surface area contributed by atoms with Gasteiger partial charge in [0, 0.05) is 11.6 Å². The average molecular weight is 384 g/mol. The van der Waals surface area contributed by atoms with E-state index in [4.69, 9.17) is 4.74 Å². The molecule has 0 saturated heterocycles. The van der Waals surface area contributed by atoms with Gasteiger partial charge in [0.05, 0.1) is 23.1 Å². The van der Waals surface area contributed by atoms with Crippen molar-refractivity contribution in [1.29, 1.82) is 0 Å². The Bertz CT molecular complexity index is 1120. The first kappa shape index (κ1) is 18.4. The SMILES string of the molecule is Cc1ccc(OCC(=O)Nc2ccc(Nc3cccc4cccnc34)nc2)cc1. The monoisotopic (exact) mass is 384 g/mol. The van der Waals surface area contributed by atoms with Crippen LogP contribution < -0.4 is 15.4 Å². The Morgan fingerprint density at radius 2 is 1.79 bits per heavy atom. The summed E-state index contributed by atoms with van der Waals surface area (Å²) in [5, 5.41) is 7.10. The zero-order valence-electron chi connectivity index (χ0n) is 15.9. The minimum atomic E-state index is -0.244. The largest absolute Gasteiger partial charge is 0.484 e. The van der Waals surface area contributed by atoms with E-state index in [9.17, 15) is 4.79 Å². The van der Waals surface area contributed by atoms with Gasteiger partial charge in [0.25, 0.3) is 5.91 Å². The average Bonchev–Trinajstić information content (AvgIpc) is 2.75. The number of rotatable bonds is 6. The lowest BCUT2D eigenvalue weighted by Gasteiger charge is -2.10. The number of anilines is 3. The Morgan fingerprint density at radius 3 is 2.59 bits per heavy atom. The van der Waals surface area contributed by atoms with Gasteiger partial charge in [0.15, 0.2) is 6.61 Å². The van der Waals surface area contributed by atoms with E-state index >= 15 is 0 Å². The molecule has 1 amide bonds. The van der Waals surface area contributed by atoms with Crippen molar-refractivity contribution in [3.8, 4) is 5.75 Å². The highest BCUT2D eigenvalue weighted by molar-refractivity contribution is 5.93. The molecule has 2 aromatic carbocycles. The van der Waals surface area contributed by atoms with Crippen LogP contribution in [0.3, 0.4) is 0 Å². The first-order valence-electron chi connectivity index (χ1n) is 9.23. The number of aromatic nitrogens is 2. The van der Waals surface area contributed by atoms with Crippen LogP contribution in [0.5, 0.6) is 5.75 Å². The Hall–Kier alpha value is -3.93. The van der Waals surface area contributed by atoms with Crippen LogP contribution in [-0.2, 0) is 4.79 Å². The number of fused-ring (bicyclic) bond motifs is 1. The zero-order chi connectivity index (χ0) is 20.1. The van der Waals surface area contributed by atoms with Crippen molar-refractivity contribution in [1.82, 2.24) is 9.97 Å². The molecule has 0 radical (unpaired) electrons. The number of aryl methyl sites for hydroxylation is 1. The van der Waals surface area contributed by atoms with E-state index in [-0.39, 0.29) is 12.5 Å². The highest BCUT2D eigenvalue weighted by atomic mass is 16.5. The number of ether oxygens (including phenoxy) is 1. The maximum absolute atomic E-state index is 12.1. The normalized spacial score (nSPS) is 10.5. The van der Waals surface area contributed by atoms with Gasteiger partial charge in [-0.3, -0.25) is 9.78 Å². The number of nitrogens with one attached hydrogen (secondary N) is 2. The number of para-hydroxylation sites is 1. The number of nitrogens with zero attached hydrogens (tertiary/aromatic N) is 2. The van der Waals surface area contributed by atoms with Gasteiger partial charge < -0.3 is 15.4 Å². The highest BCUT2D eigenvalue weighted by Crippen LogP contribution is 2.24. The molecule has 2 aromatic heterocycles. The standard InChI is InChI=1S/C23H20N4O2/c1-16-7-10-19(11-8-16)29-15-22(28)26-18-9-12-21(25-14-18)27-20-6-2-4-17-5-3-13-24-23(17)20/h2-14H,15H2,1H3,(H,25,27)(H,26,28). The molecule has 0 bridgehead atoms. The van der Waals surface area contributed by atoms with Gasteiger partial charge in [-0.25, -0.2) is 4.98 Å². The molecule has 0 aliphatic carbocycles. The number of hydrogen-bond acceptors (Lipinski definition) is 5. The smallest absolute Gasteiger partial charge is 0.262 e. The van der Waals surface area contributed by atoms with Crippen molar-refractivity contribution in [3.05, 3.63) is 84.7 Å². The Morgan fingerprint density at radius 1 is 0.966 bits per heavy atom. The molecule has 6 heteroatoms. The van der Waals surface area contributed by atoms with Gasteiger partial charge in [-0.2, -0.15) is 0 Å². The third-order valence-corrected chi connectivity index (χ3v) is 4.33. The highest BCUT2D eigenvalue weighted by Gasteiger charge is 2.06. The second-order valence-electron chi connectivity index (χ2n) is 6.59. The van der Waals surface area contributed by atoms with Crippen molar-refractivity contribution < 1.29 is 9.53 Å². The van der Waals surface area contributed by atoms with Crippen molar-refractivity contribution in [2.45, 2.75) is 6.92 Å². The van der Waals surface area contributed by atoms with Crippen molar-refractivity contribution in [3.63, 3.8) is 0 Å². The Kier molecular flexibility index (Phi) is 5.33. The molecule has 0 aliphatic rings. The van der Waals surface area contributed by atoms with Gasteiger partial charge in [-0.15, -0.1) is 0 Å². The van der Waals surface area contributed by atoms with Crippen LogP contribution >= 0.6 is 0 Å². The van der Waals surface area contributed by atoms with E-state index in [2.05, 4.69) is 20.6 Å². The maximum Gasteiger partial charge on any atom is 0.262 e. The van der Waals surface area contributed by atoms with Crippen LogP contribution in [0, 0.1) is 6.92 Å². The fourth-order valence-corrected chi connectivity index (χ4v) is 2.87. The van der Waals surface area contributed by atoms with Crippen molar-refractivity contribution in [2.24, 2.45) is 0 Å². The number of hydrogen-bond donors (Lipinski definition) is 2. The van der Waals surface area contributed by atoms with Gasteiger partial charge >= 0.3 is 0 Å². The third-order valence-electron chi connectivity index (χ3n) is 4.33. The lowest BCUT2D eigenvalue weighted by Crippen LogP contribution is -2.20. The number of carbonyl (C=O) groups is 1. The summed E-state index contributed by atoms with van der Waals surface area (Å²) in [7, 11) is 0. The van der Waals surface area contributed by atoms with Crippen LogP contribution in [0.15, 0.2) is 79.1 Å². The van der Waals surface area contributed by atoms with Crippen LogP contribution in [0.1, 0.15) is 5.56 Å². The second-order valence-corrected chi connectivity index (χ2v) is 6.59. The molecule has 6 nitrogen and oxygen atoms in total. The number of carbonyl (C=O) groups excluding carboxylic acids is 1. The minimum Gasteiger partial charge on any atom is -0.484 e. The first-order chi connectivity index (χ1) is 14.2. The van der Waals surface area contributed by atoms with Crippen molar-refractivity contribution >= 4 is 34.0 Å². The fraction of sp³-hybridized carbons (Fsp3) is 0.0870. The van der Waals surface area contributed by atoms with Gasteiger partial charge in [0.1, 0.15) is 11.6 Å². The van der Waals surface area contributed by atoms with Crippen LogP contribution in [0.2, 0.25) is 0 Å². The number of benzene rings is 2. The zero-order valence-corrected chi connectivity index (χ0v) is 15.9. The summed E-state index contributed by atoms with van der Waals surface area (Å²) in [6.07, 6.45) is 3.36. The number of amides is 1. The molecule has 0 saturated carbocycles. The fourth-order valence-electron chi connectivity index (χ4n) is 2.87. The molecular formula is C23H20N4O2.